The molecule has 5 nitrogen and oxygen atoms in total. The van der Waals surface area contributed by atoms with Crippen molar-refractivity contribution < 1.29 is 0 Å². The topological polar surface area (TPSA) is 35.5 Å². The molecule has 0 saturated heterocycles. The van der Waals surface area contributed by atoms with Gasteiger partial charge in [-0.25, -0.2) is 0 Å². The van der Waals surface area contributed by atoms with Crippen LogP contribution in [0.4, 0.5) is 51.2 Å². The van der Waals surface area contributed by atoms with E-state index in [1.54, 1.807) is 0 Å². The summed E-state index contributed by atoms with van der Waals surface area (Å²) in [5.74, 6) is 0. The quantitative estimate of drug-likeness (QED) is 0.135. The first kappa shape index (κ1) is 41.0. The lowest BCUT2D eigenvalue weighted by atomic mass is 9.33. The third kappa shape index (κ3) is 7.22. The molecule has 0 radical (unpaired) electrons. The van der Waals surface area contributed by atoms with E-state index in [2.05, 4.69) is 257 Å². The number of benzene rings is 9. The van der Waals surface area contributed by atoms with Gasteiger partial charge in [0, 0.05) is 74.7 Å². The van der Waals surface area contributed by atoms with Gasteiger partial charge in [-0.05, 0) is 148 Å². The van der Waals surface area contributed by atoms with Crippen LogP contribution in [0.15, 0.2) is 267 Å². The molecule has 2 aliphatic rings. The van der Waals surface area contributed by atoms with Crippen LogP contribution in [-0.2, 0) is 0 Å². The smallest absolute Gasteiger partial charge is 0.252 e. The number of para-hydroxylation sites is 3. The van der Waals surface area contributed by atoms with Crippen molar-refractivity contribution >= 4 is 74.3 Å². The Hall–Kier alpha value is -9.26. The van der Waals surface area contributed by atoms with Gasteiger partial charge in [-0.3, -0.25) is 9.97 Å². The minimum atomic E-state index is -0.106. The summed E-state index contributed by atoms with van der Waals surface area (Å²) in [6, 6.07) is 91.9. The lowest BCUT2D eigenvalue weighted by molar-refractivity contribution is 1.24. The van der Waals surface area contributed by atoms with Crippen LogP contribution in [0.1, 0.15) is 0 Å². The van der Waals surface area contributed by atoms with E-state index >= 15 is 0 Å². The van der Waals surface area contributed by atoms with E-state index < -0.39 is 0 Å². The van der Waals surface area contributed by atoms with Crippen molar-refractivity contribution in [3.8, 4) is 44.8 Å². The Labute approximate surface area is 409 Å². The summed E-state index contributed by atoms with van der Waals surface area (Å²) in [7, 11) is 0. The maximum absolute atomic E-state index is 4.89. The maximum atomic E-state index is 4.89. The SMILES string of the molecule is c1ccc(-c2ccc3c(c2)N(c2cc(-c4ccccn4)cc(-c4ccccn4)c2)c2cc(-c4ccccc4)cc4c2B3c2ccc(N(c3ccccc3)c3ccccc3)cc2N4c2ccccc2)cc1. The van der Waals surface area contributed by atoms with Gasteiger partial charge in [-0.2, -0.15) is 0 Å². The van der Waals surface area contributed by atoms with Crippen LogP contribution in [0, 0.1) is 0 Å². The maximum Gasteiger partial charge on any atom is 0.252 e. The first-order valence-corrected chi connectivity index (χ1v) is 23.8. The first-order chi connectivity index (χ1) is 34.7. The van der Waals surface area contributed by atoms with E-state index in [-0.39, 0.29) is 6.71 Å². The molecule has 0 amide bonds. The highest BCUT2D eigenvalue weighted by Crippen LogP contribution is 2.49. The van der Waals surface area contributed by atoms with Crippen molar-refractivity contribution in [2.45, 2.75) is 0 Å². The van der Waals surface area contributed by atoms with Crippen molar-refractivity contribution in [1.82, 2.24) is 9.97 Å². The van der Waals surface area contributed by atoms with Gasteiger partial charge >= 0.3 is 0 Å². The Morgan fingerprint density at radius 1 is 0.300 bits per heavy atom. The minimum absolute atomic E-state index is 0.106. The molecule has 4 heterocycles. The average molecular weight is 894 g/mol. The van der Waals surface area contributed by atoms with Crippen molar-refractivity contribution in [3.05, 3.63) is 267 Å². The average Bonchev–Trinajstić information content (AvgIpc) is 3.44. The fourth-order valence-corrected chi connectivity index (χ4v) is 10.6. The monoisotopic (exact) mass is 893 g/mol. The number of hydrogen-bond donors (Lipinski definition) is 0. The fraction of sp³-hybridized carbons (Fsp3) is 0. The molecular weight excluding hydrogens is 850 g/mol. The second-order valence-electron chi connectivity index (χ2n) is 17.8. The molecule has 11 aromatic rings. The Morgan fingerprint density at radius 3 is 1.30 bits per heavy atom. The molecule has 328 valence electrons. The molecule has 0 atom stereocenters. The summed E-state index contributed by atoms with van der Waals surface area (Å²) in [4.78, 5) is 17.2. The number of fused-ring (bicyclic) bond motifs is 4. The minimum Gasteiger partial charge on any atom is -0.311 e. The Bertz CT molecular complexity index is 3560. The van der Waals surface area contributed by atoms with E-state index in [4.69, 9.17) is 9.97 Å². The molecule has 0 saturated carbocycles. The first-order valence-electron chi connectivity index (χ1n) is 23.8. The van der Waals surface area contributed by atoms with Gasteiger partial charge < -0.3 is 14.7 Å². The van der Waals surface area contributed by atoms with Gasteiger partial charge in [0.15, 0.2) is 0 Å². The highest BCUT2D eigenvalue weighted by atomic mass is 15.2. The van der Waals surface area contributed by atoms with Gasteiger partial charge in [-0.15, -0.1) is 0 Å². The predicted octanol–water partition coefficient (Wildman–Crippen LogP) is 14.7. The third-order valence-corrected chi connectivity index (χ3v) is 13.7. The summed E-state index contributed by atoms with van der Waals surface area (Å²) < 4.78 is 0. The third-order valence-electron chi connectivity index (χ3n) is 13.7. The molecule has 0 bridgehead atoms. The van der Waals surface area contributed by atoms with Crippen molar-refractivity contribution in [2.75, 3.05) is 14.7 Å². The highest BCUT2D eigenvalue weighted by Gasteiger charge is 2.44. The van der Waals surface area contributed by atoms with Crippen LogP contribution in [0.5, 0.6) is 0 Å². The van der Waals surface area contributed by atoms with E-state index in [0.717, 1.165) is 96.0 Å². The largest absolute Gasteiger partial charge is 0.311 e. The highest BCUT2D eigenvalue weighted by molar-refractivity contribution is 7.00. The predicted molar refractivity (Wildman–Crippen MR) is 292 cm³/mol. The molecule has 70 heavy (non-hydrogen) atoms. The van der Waals surface area contributed by atoms with Crippen LogP contribution >= 0.6 is 0 Å². The van der Waals surface area contributed by atoms with E-state index in [0.29, 0.717) is 0 Å². The number of hydrogen-bond acceptors (Lipinski definition) is 5. The van der Waals surface area contributed by atoms with Gasteiger partial charge in [0.05, 0.1) is 11.4 Å². The van der Waals surface area contributed by atoms with Crippen LogP contribution in [-0.4, -0.2) is 16.7 Å². The summed E-state index contributed by atoms with van der Waals surface area (Å²) in [5, 5.41) is 0. The zero-order valence-corrected chi connectivity index (χ0v) is 38.2. The summed E-state index contributed by atoms with van der Waals surface area (Å²) in [6.45, 7) is -0.106. The molecule has 6 heteroatoms. The molecule has 0 fully saturated rings. The molecule has 0 N–H and O–H groups in total. The number of nitrogens with zero attached hydrogens (tertiary/aromatic N) is 5. The van der Waals surface area contributed by atoms with Gasteiger partial charge in [0.25, 0.3) is 6.71 Å². The van der Waals surface area contributed by atoms with Gasteiger partial charge in [0.2, 0.25) is 0 Å². The molecular formula is C64H44BN5. The molecule has 0 aliphatic carbocycles. The zero-order chi connectivity index (χ0) is 46.4. The normalized spacial score (nSPS) is 12.2. The van der Waals surface area contributed by atoms with Crippen molar-refractivity contribution in [2.24, 2.45) is 0 Å². The number of rotatable bonds is 9. The second kappa shape index (κ2) is 17.4. The number of aromatic nitrogens is 2. The van der Waals surface area contributed by atoms with Crippen LogP contribution in [0.3, 0.4) is 0 Å². The molecule has 2 aliphatic heterocycles. The Morgan fingerprint density at radius 2 is 0.757 bits per heavy atom. The lowest BCUT2D eigenvalue weighted by Gasteiger charge is -2.45. The van der Waals surface area contributed by atoms with Gasteiger partial charge in [0.1, 0.15) is 0 Å². The Balaban J connectivity index is 1.13. The molecule has 9 aromatic carbocycles. The second-order valence-corrected chi connectivity index (χ2v) is 17.8. The van der Waals surface area contributed by atoms with E-state index in [1.165, 1.54) is 16.4 Å². The van der Waals surface area contributed by atoms with Crippen molar-refractivity contribution in [1.29, 1.82) is 0 Å². The molecule has 0 spiro atoms. The summed E-state index contributed by atoms with van der Waals surface area (Å²) in [6.07, 6.45) is 3.74. The molecule has 0 unspecified atom stereocenters. The number of anilines is 9. The fourth-order valence-electron chi connectivity index (χ4n) is 10.6. The Kier molecular flexibility index (Phi) is 10.2. The number of pyridine rings is 2. The van der Waals surface area contributed by atoms with Crippen LogP contribution in [0.2, 0.25) is 0 Å². The van der Waals surface area contributed by atoms with E-state index in [1.807, 2.05) is 24.5 Å². The van der Waals surface area contributed by atoms with Crippen LogP contribution < -0.4 is 31.1 Å². The molecule has 2 aromatic heterocycles. The lowest BCUT2D eigenvalue weighted by Crippen LogP contribution is -2.61. The summed E-state index contributed by atoms with van der Waals surface area (Å²) >= 11 is 0. The molecule has 13 rings (SSSR count). The van der Waals surface area contributed by atoms with Crippen LogP contribution in [0.25, 0.3) is 44.8 Å². The van der Waals surface area contributed by atoms with Gasteiger partial charge in [-0.1, -0.05) is 146 Å². The standard InChI is InChI=1S/C64H44BN5/c1-6-20-45(21-7-1)47-32-34-56-60(41-47)70(55-39-49(58-30-16-18-36-66-58)38-50(40-55)59-31-17-19-37-67-59)63-43-48(46-22-8-2-9-23-46)42-62-64(63)65(56)57-35-33-54(44-61(57)69(62)53-28-14-5-15-29-53)68(51-24-10-3-11-25-51)52-26-12-4-13-27-52/h1-44H. The zero-order valence-electron chi connectivity index (χ0n) is 38.2. The van der Waals surface area contributed by atoms with E-state index in [9.17, 15) is 0 Å². The summed E-state index contributed by atoms with van der Waals surface area (Å²) in [5.41, 5.74) is 22.0. The van der Waals surface area contributed by atoms with Crippen molar-refractivity contribution in [3.63, 3.8) is 0 Å².